The summed E-state index contributed by atoms with van der Waals surface area (Å²) in [7, 11) is 0. The van der Waals surface area contributed by atoms with Gasteiger partial charge in [0.2, 0.25) is 0 Å². The van der Waals surface area contributed by atoms with Crippen molar-refractivity contribution < 1.29 is 14.6 Å². The average Bonchev–Trinajstić information content (AvgIpc) is 2.84. The molecule has 1 heterocycles. The lowest BCUT2D eigenvalue weighted by Crippen LogP contribution is -2.39. The molecule has 0 radical (unpaired) electrons. The fourth-order valence-corrected chi connectivity index (χ4v) is 3.02. The molecule has 104 valence electrons. The molecule has 2 fully saturated rings. The predicted molar refractivity (Wildman–Crippen MR) is 73.4 cm³/mol. The van der Waals surface area contributed by atoms with E-state index in [0.29, 0.717) is 11.8 Å². The largest absolute Gasteiger partial charge is 0.508 e. The van der Waals surface area contributed by atoms with Crippen molar-refractivity contribution in [2.75, 3.05) is 18.5 Å². The Labute approximate surface area is 113 Å². The van der Waals surface area contributed by atoms with Crippen LogP contribution in [0.2, 0.25) is 0 Å². The van der Waals surface area contributed by atoms with Crippen LogP contribution in [0, 0.1) is 6.92 Å². The molecule has 0 aromatic heterocycles. The molecule has 1 saturated heterocycles. The summed E-state index contributed by atoms with van der Waals surface area (Å²) in [6, 6.07) is 5.91. The first-order chi connectivity index (χ1) is 9.17. The van der Waals surface area contributed by atoms with Gasteiger partial charge in [-0.3, -0.25) is 0 Å². The lowest BCUT2D eigenvalue weighted by atomic mass is 9.89. The van der Waals surface area contributed by atoms with Gasteiger partial charge in [-0.25, -0.2) is 0 Å². The van der Waals surface area contributed by atoms with Gasteiger partial charge in [-0.05, 0) is 43.5 Å². The Bertz CT molecular complexity index is 445. The number of nitrogens with one attached hydrogen (secondary N) is 1. The van der Waals surface area contributed by atoms with Crippen LogP contribution in [0.15, 0.2) is 18.2 Å². The van der Waals surface area contributed by atoms with Gasteiger partial charge in [0.15, 0.2) is 5.79 Å². The maximum atomic E-state index is 9.42. The third-order valence-electron chi connectivity index (χ3n) is 4.13. The van der Waals surface area contributed by atoms with E-state index in [2.05, 4.69) is 5.32 Å². The molecule has 0 unspecified atom stereocenters. The molecule has 1 spiro atoms. The van der Waals surface area contributed by atoms with Gasteiger partial charge in [0.1, 0.15) is 5.75 Å². The number of aromatic hydroxyl groups is 1. The van der Waals surface area contributed by atoms with E-state index in [4.69, 9.17) is 9.47 Å². The maximum Gasteiger partial charge on any atom is 0.168 e. The van der Waals surface area contributed by atoms with Crippen molar-refractivity contribution in [3.63, 3.8) is 0 Å². The molecule has 1 aliphatic heterocycles. The number of rotatable bonds is 2. The minimum Gasteiger partial charge on any atom is -0.508 e. The highest BCUT2D eigenvalue weighted by molar-refractivity contribution is 5.53. The molecular weight excluding hydrogens is 242 g/mol. The first-order valence-corrected chi connectivity index (χ1v) is 7.01. The van der Waals surface area contributed by atoms with Gasteiger partial charge >= 0.3 is 0 Å². The van der Waals surface area contributed by atoms with E-state index in [0.717, 1.165) is 50.1 Å². The monoisotopic (exact) mass is 263 g/mol. The van der Waals surface area contributed by atoms with Gasteiger partial charge in [0.25, 0.3) is 0 Å². The van der Waals surface area contributed by atoms with E-state index >= 15 is 0 Å². The summed E-state index contributed by atoms with van der Waals surface area (Å²) in [4.78, 5) is 0. The topological polar surface area (TPSA) is 50.7 Å². The van der Waals surface area contributed by atoms with Crippen LogP contribution in [0.1, 0.15) is 31.2 Å². The Morgan fingerprint density at radius 3 is 2.53 bits per heavy atom. The molecule has 1 aromatic rings. The molecule has 1 aromatic carbocycles. The Kier molecular flexibility index (Phi) is 3.37. The van der Waals surface area contributed by atoms with Gasteiger partial charge < -0.3 is 19.9 Å². The summed E-state index contributed by atoms with van der Waals surface area (Å²) in [5.41, 5.74) is 2.18. The molecule has 1 aliphatic carbocycles. The Morgan fingerprint density at radius 2 is 1.89 bits per heavy atom. The second kappa shape index (κ2) is 5.02. The molecule has 2 N–H and O–H groups in total. The summed E-state index contributed by atoms with van der Waals surface area (Å²) in [5.74, 6) is 0.0285. The number of phenols is 1. The number of hydrogen-bond acceptors (Lipinski definition) is 4. The molecule has 0 atom stereocenters. The van der Waals surface area contributed by atoms with E-state index in [9.17, 15) is 5.11 Å². The van der Waals surface area contributed by atoms with Gasteiger partial charge in [-0.1, -0.05) is 0 Å². The van der Waals surface area contributed by atoms with E-state index in [1.54, 1.807) is 12.1 Å². The summed E-state index contributed by atoms with van der Waals surface area (Å²) in [6.45, 7) is 3.47. The molecular formula is C15H21NO3. The maximum absolute atomic E-state index is 9.42. The van der Waals surface area contributed by atoms with Crippen LogP contribution in [0.5, 0.6) is 5.75 Å². The van der Waals surface area contributed by atoms with Crippen molar-refractivity contribution in [1.29, 1.82) is 0 Å². The van der Waals surface area contributed by atoms with Crippen LogP contribution in [-0.4, -0.2) is 30.1 Å². The van der Waals surface area contributed by atoms with Crippen molar-refractivity contribution in [2.24, 2.45) is 0 Å². The Balaban J connectivity index is 1.60. The first kappa shape index (κ1) is 12.8. The lowest BCUT2D eigenvalue weighted by Gasteiger charge is -2.36. The third kappa shape index (κ3) is 2.69. The fourth-order valence-electron chi connectivity index (χ4n) is 3.02. The molecule has 2 aliphatic rings. The lowest BCUT2D eigenvalue weighted by molar-refractivity contribution is -0.177. The quantitative estimate of drug-likeness (QED) is 0.806. The van der Waals surface area contributed by atoms with Gasteiger partial charge in [-0.2, -0.15) is 0 Å². The zero-order valence-corrected chi connectivity index (χ0v) is 11.3. The van der Waals surface area contributed by atoms with Crippen LogP contribution < -0.4 is 5.32 Å². The smallest absolute Gasteiger partial charge is 0.168 e. The van der Waals surface area contributed by atoms with Crippen LogP contribution in [0.3, 0.4) is 0 Å². The van der Waals surface area contributed by atoms with E-state index in [1.165, 1.54) is 0 Å². The van der Waals surface area contributed by atoms with Gasteiger partial charge in [0.05, 0.1) is 13.2 Å². The third-order valence-corrected chi connectivity index (χ3v) is 4.13. The molecule has 1 saturated carbocycles. The standard InChI is InChI=1S/C15H21NO3/c1-11-10-13(17)2-3-14(11)16-12-4-6-15(7-5-12)18-8-9-19-15/h2-3,10,12,16-17H,4-9H2,1H3. The minimum absolute atomic E-state index is 0.290. The minimum atomic E-state index is -0.290. The number of phenolic OH excluding ortho intramolecular Hbond substituents is 1. The van der Waals surface area contributed by atoms with Crippen molar-refractivity contribution in [2.45, 2.75) is 44.4 Å². The Hall–Kier alpha value is -1.26. The SMILES string of the molecule is Cc1cc(O)ccc1NC1CCC2(CC1)OCCO2. The number of aryl methyl sites for hydroxylation is 1. The summed E-state index contributed by atoms with van der Waals surface area (Å²) in [5, 5.41) is 13.0. The zero-order valence-electron chi connectivity index (χ0n) is 11.3. The summed E-state index contributed by atoms with van der Waals surface area (Å²) in [6.07, 6.45) is 4.03. The van der Waals surface area contributed by atoms with Gasteiger partial charge in [0, 0.05) is 24.6 Å². The summed E-state index contributed by atoms with van der Waals surface area (Å²) < 4.78 is 11.5. The van der Waals surface area contributed by atoms with E-state index in [-0.39, 0.29) is 5.79 Å². The van der Waals surface area contributed by atoms with Crippen molar-refractivity contribution in [1.82, 2.24) is 0 Å². The highest BCUT2D eigenvalue weighted by Crippen LogP contribution is 2.37. The molecule has 3 rings (SSSR count). The summed E-state index contributed by atoms with van der Waals surface area (Å²) >= 11 is 0. The van der Waals surface area contributed by atoms with Crippen LogP contribution in [-0.2, 0) is 9.47 Å². The Morgan fingerprint density at radius 1 is 1.21 bits per heavy atom. The average molecular weight is 263 g/mol. The van der Waals surface area contributed by atoms with Gasteiger partial charge in [-0.15, -0.1) is 0 Å². The second-order valence-corrected chi connectivity index (χ2v) is 5.53. The number of anilines is 1. The predicted octanol–water partition coefficient (Wildman–Crippen LogP) is 2.80. The van der Waals surface area contributed by atoms with E-state index < -0.39 is 0 Å². The van der Waals surface area contributed by atoms with Crippen LogP contribution in [0.25, 0.3) is 0 Å². The van der Waals surface area contributed by atoms with Crippen molar-refractivity contribution >= 4 is 5.69 Å². The number of benzene rings is 1. The molecule has 4 heteroatoms. The number of hydrogen-bond donors (Lipinski definition) is 2. The fraction of sp³-hybridized carbons (Fsp3) is 0.600. The van der Waals surface area contributed by atoms with Crippen LogP contribution in [0.4, 0.5) is 5.69 Å². The molecule has 0 amide bonds. The number of ether oxygens (including phenoxy) is 2. The van der Waals surface area contributed by atoms with Crippen molar-refractivity contribution in [3.8, 4) is 5.75 Å². The molecule has 19 heavy (non-hydrogen) atoms. The van der Waals surface area contributed by atoms with Crippen molar-refractivity contribution in [3.05, 3.63) is 23.8 Å². The normalized spacial score (nSPS) is 22.8. The highest BCUT2D eigenvalue weighted by atomic mass is 16.7. The highest BCUT2D eigenvalue weighted by Gasteiger charge is 2.40. The molecule has 4 nitrogen and oxygen atoms in total. The zero-order chi connectivity index (χ0) is 13.3. The van der Waals surface area contributed by atoms with E-state index in [1.807, 2.05) is 13.0 Å². The first-order valence-electron chi connectivity index (χ1n) is 7.01. The second-order valence-electron chi connectivity index (χ2n) is 5.53. The molecule has 0 bridgehead atoms. The van der Waals surface area contributed by atoms with Crippen LogP contribution >= 0.6 is 0 Å².